The second-order valence-electron chi connectivity index (χ2n) is 6.24. The van der Waals surface area contributed by atoms with Crippen molar-refractivity contribution in [3.63, 3.8) is 0 Å². The van der Waals surface area contributed by atoms with Crippen LogP contribution in [0.1, 0.15) is 34.7 Å². The molecule has 1 aromatic heterocycles. The number of methoxy groups -OCH3 is 1. The van der Waals surface area contributed by atoms with Gasteiger partial charge in [0.25, 0.3) is 5.56 Å². The maximum atomic E-state index is 12.3. The molecule has 3 rings (SSSR count). The van der Waals surface area contributed by atoms with Crippen molar-refractivity contribution in [1.29, 1.82) is 0 Å². The quantitative estimate of drug-likeness (QED) is 0.716. The zero-order chi connectivity index (χ0) is 18.7. The van der Waals surface area contributed by atoms with Crippen LogP contribution in [-0.2, 0) is 11.3 Å². The molecule has 3 aromatic rings. The number of fused-ring (bicyclic) bond motifs is 1. The summed E-state index contributed by atoms with van der Waals surface area (Å²) >= 11 is 0. The molecule has 0 aliphatic rings. The molecule has 0 saturated heterocycles. The summed E-state index contributed by atoms with van der Waals surface area (Å²) in [6.45, 7) is 2.58. The van der Waals surface area contributed by atoms with Crippen molar-refractivity contribution in [1.82, 2.24) is 14.9 Å². The zero-order valence-electron chi connectivity index (χ0n) is 15.0. The Hall–Kier alpha value is -2.99. The Labute approximate surface area is 151 Å². The molecule has 26 heavy (non-hydrogen) atoms. The molecule has 0 radical (unpaired) electrons. The van der Waals surface area contributed by atoms with E-state index in [0.29, 0.717) is 28.8 Å². The molecule has 1 atom stereocenters. The predicted octanol–water partition coefficient (Wildman–Crippen LogP) is 2.90. The first-order valence-corrected chi connectivity index (χ1v) is 8.36. The Morgan fingerprint density at radius 3 is 2.65 bits per heavy atom. The van der Waals surface area contributed by atoms with Crippen LogP contribution in [0.3, 0.4) is 0 Å². The highest BCUT2D eigenvalue weighted by Crippen LogP contribution is 2.20. The molecular formula is C20H21N3O3. The van der Waals surface area contributed by atoms with Crippen molar-refractivity contribution >= 4 is 16.9 Å². The van der Waals surface area contributed by atoms with Crippen molar-refractivity contribution in [3.05, 3.63) is 75.8 Å². The number of ether oxygens (including phenoxy) is 1. The average Bonchev–Trinajstić information content (AvgIpc) is 2.66. The van der Waals surface area contributed by atoms with E-state index in [1.807, 2.05) is 25.2 Å². The smallest absolute Gasteiger partial charge is 0.337 e. The predicted molar refractivity (Wildman–Crippen MR) is 100 cm³/mol. The van der Waals surface area contributed by atoms with Crippen molar-refractivity contribution in [2.75, 3.05) is 14.2 Å². The summed E-state index contributed by atoms with van der Waals surface area (Å²) in [6.07, 6.45) is 0. The number of hydrogen-bond donors (Lipinski definition) is 1. The second kappa shape index (κ2) is 7.49. The molecule has 0 aliphatic carbocycles. The minimum atomic E-state index is -0.453. The maximum Gasteiger partial charge on any atom is 0.337 e. The minimum Gasteiger partial charge on any atom is -0.465 e. The highest BCUT2D eigenvalue weighted by molar-refractivity contribution is 5.93. The fourth-order valence-corrected chi connectivity index (χ4v) is 2.87. The number of rotatable bonds is 5. The first-order chi connectivity index (χ1) is 12.5. The lowest BCUT2D eigenvalue weighted by Crippen LogP contribution is -2.25. The Bertz CT molecular complexity index is 983. The van der Waals surface area contributed by atoms with Crippen LogP contribution in [0.5, 0.6) is 0 Å². The Kier molecular flexibility index (Phi) is 5.14. The number of carbonyl (C=O) groups is 1. The number of carbonyl (C=O) groups excluding carboxylic acids is 1. The van der Waals surface area contributed by atoms with E-state index in [-0.39, 0.29) is 11.6 Å². The molecule has 0 aliphatic heterocycles. The minimum absolute atomic E-state index is 0.165. The molecule has 0 fully saturated rings. The summed E-state index contributed by atoms with van der Waals surface area (Å²) in [7, 11) is 3.30. The third-order valence-electron chi connectivity index (χ3n) is 4.52. The fraction of sp³-hybridized carbons (Fsp3) is 0.250. The lowest BCUT2D eigenvalue weighted by atomic mass is 10.1. The van der Waals surface area contributed by atoms with Gasteiger partial charge in [-0.3, -0.25) is 9.69 Å². The van der Waals surface area contributed by atoms with Crippen LogP contribution in [-0.4, -0.2) is 35.0 Å². The largest absolute Gasteiger partial charge is 0.465 e. The summed E-state index contributed by atoms with van der Waals surface area (Å²) in [5.74, 6) is 0.0974. The number of aromatic nitrogens is 2. The molecule has 6 nitrogen and oxygen atoms in total. The first kappa shape index (κ1) is 17.8. The lowest BCUT2D eigenvalue weighted by Gasteiger charge is -2.24. The van der Waals surface area contributed by atoms with Crippen LogP contribution < -0.4 is 5.56 Å². The third-order valence-corrected chi connectivity index (χ3v) is 4.52. The Balaban J connectivity index is 1.90. The highest BCUT2D eigenvalue weighted by Gasteiger charge is 2.14. The Morgan fingerprint density at radius 2 is 1.96 bits per heavy atom. The van der Waals surface area contributed by atoms with E-state index in [0.717, 1.165) is 0 Å². The number of esters is 1. The molecular weight excluding hydrogens is 330 g/mol. The highest BCUT2D eigenvalue weighted by atomic mass is 16.5. The summed E-state index contributed by atoms with van der Waals surface area (Å²) in [5, 5.41) is 0.445. The van der Waals surface area contributed by atoms with E-state index in [1.54, 1.807) is 18.2 Å². The average molecular weight is 351 g/mol. The first-order valence-electron chi connectivity index (χ1n) is 8.36. The molecule has 0 saturated carbocycles. The van der Waals surface area contributed by atoms with Gasteiger partial charge in [0.15, 0.2) is 0 Å². The van der Waals surface area contributed by atoms with Gasteiger partial charge in [-0.2, -0.15) is 0 Å². The normalized spacial score (nSPS) is 12.3. The van der Waals surface area contributed by atoms with Gasteiger partial charge in [-0.25, -0.2) is 9.78 Å². The van der Waals surface area contributed by atoms with Crippen LogP contribution in [0, 0.1) is 0 Å². The maximum absolute atomic E-state index is 12.3. The Morgan fingerprint density at radius 1 is 1.23 bits per heavy atom. The molecule has 134 valence electrons. The van der Waals surface area contributed by atoms with Gasteiger partial charge >= 0.3 is 5.97 Å². The van der Waals surface area contributed by atoms with Gasteiger partial charge in [0, 0.05) is 6.04 Å². The third kappa shape index (κ3) is 3.65. The summed E-state index contributed by atoms with van der Waals surface area (Å²) in [5.41, 5.74) is 1.82. The zero-order valence-corrected chi connectivity index (χ0v) is 15.0. The summed E-state index contributed by atoms with van der Waals surface area (Å²) < 4.78 is 4.73. The van der Waals surface area contributed by atoms with E-state index in [2.05, 4.69) is 33.9 Å². The van der Waals surface area contributed by atoms with Crippen molar-refractivity contribution in [2.45, 2.75) is 19.5 Å². The number of H-pyrrole nitrogens is 1. The molecule has 2 aromatic carbocycles. The van der Waals surface area contributed by atoms with Crippen molar-refractivity contribution < 1.29 is 9.53 Å². The van der Waals surface area contributed by atoms with Gasteiger partial charge in [0.1, 0.15) is 5.82 Å². The van der Waals surface area contributed by atoms with Gasteiger partial charge in [-0.15, -0.1) is 0 Å². The molecule has 0 amide bonds. The van der Waals surface area contributed by atoms with E-state index < -0.39 is 5.97 Å². The monoisotopic (exact) mass is 351 g/mol. The van der Waals surface area contributed by atoms with Crippen LogP contribution in [0.4, 0.5) is 0 Å². The fourth-order valence-electron chi connectivity index (χ4n) is 2.87. The number of nitrogens with zero attached hydrogens (tertiary/aromatic N) is 2. The summed E-state index contributed by atoms with van der Waals surface area (Å²) in [4.78, 5) is 33.5. The van der Waals surface area contributed by atoms with Gasteiger partial charge in [0.2, 0.25) is 0 Å². The van der Waals surface area contributed by atoms with Gasteiger partial charge in [-0.05, 0) is 37.7 Å². The topological polar surface area (TPSA) is 75.3 Å². The van der Waals surface area contributed by atoms with E-state index in [9.17, 15) is 9.59 Å². The standard InChI is InChI=1S/C20H21N3O3/c1-13(14-7-5-4-6-8-14)23(2)12-18-21-17-11-15(20(25)26-3)9-10-16(17)19(24)22-18/h4-11,13H,12H2,1-3H3,(H,21,22,24). The van der Waals surface area contributed by atoms with Crippen LogP contribution in [0.2, 0.25) is 0 Å². The van der Waals surface area contributed by atoms with Crippen molar-refractivity contribution in [3.8, 4) is 0 Å². The second-order valence-corrected chi connectivity index (χ2v) is 6.24. The number of nitrogens with one attached hydrogen (secondary N) is 1. The molecule has 1 N–H and O–H groups in total. The summed E-state index contributed by atoms with van der Waals surface area (Å²) in [6, 6.07) is 15.0. The van der Waals surface area contributed by atoms with Gasteiger partial charge in [-0.1, -0.05) is 30.3 Å². The molecule has 1 heterocycles. The van der Waals surface area contributed by atoms with Gasteiger partial charge < -0.3 is 9.72 Å². The lowest BCUT2D eigenvalue weighted by molar-refractivity contribution is 0.0601. The number of benzene rings is 2. The SMILES string of the molecule is COC(=O)c1ccc2c(=O)[nH]c(CN(C)C(C)c3ccccc3)nc2c1. The van der Waals surface area contributed by atoms with E-state index in [4.69, 9.17) is 4.74 Å². The van der Waals surface area contributed by atoms with Crippen LogP contribution >= 0.6 is 0 Å². The van der Waals surface area contributed by atoms with E-state index >= 15 is 0 Å². The van der Waals surface area contributed by atoms with E-state index in [1.165, 1.54) is 12.7 Å². The molecule has 1 unspecified atom stereocenters. The molecule has 6 heteroatoms. The van der Waals surface area contributed by atoms with Crippen molar-refractivity contribution in [2.24, 2.45) is 0 Å². The van der Waals surface area contributed by atoms with Crippen LogP contribution in [0.25, 0.3) is 10.9 Å². The van der Waals surface area contributed by atoms with Crippen LogP contribution in [0.15, 0.2) is 53.3 Å². The molecule has 0 spiro atoms. The van der Waals surface area contributed by atoms with Gasteiger partial charge in [0.05, 0.1) is 30.1 Å². The molecule has 0 bridgehead atoms. The number of aromatic amines is 1. The number of hydrogen-bond acceptors (Lipinski definition) is 5.